The molecule has 0 radical (unpaired) electrons. The van der Waals surface area contributed by atoms with Gasteiger partial charge in [-0.05, 0) is 34.9 Å². The number of amides is 2. The molecule has 0 aliphatic heterocycles. The summed E-state index contributed by atoms with van der Waals surface area (Å²) < 4.78 is 25.8. The van der Waals surface area contributed by atoms with Gasteiger partial charge in [-0.15, -0.1) is 0 Å². The number of sulfonamides is 1. The molecule has 0 atom stereocenters. The van der Waals surface area contributed by atoms with Gasteiger partial charge >= 0.3 is 6.03 Å². The third-order valence-corrected chi connectivity index (χ3v) is 6.29. The van der Waals surface area contributed by atoms with Gasteiger partial charge in [0, 0.05) is 20.1 Å². The SMILES string of the molecule is CNS(=O)(=O)Cc1cccc(CNC(=O)N(C)Cc2ccccc2-c2ccccc2)c1. The lowest BCUT2D eigenvalue weighted by molar-refractivity contribution is 0.206. The molecule has 3 aromatic rings. The lowest BCUT2D eigenvalue weighted by atomic mass is 9.99. The van der Waals surface area contributed by atoms with Crippen LogP contribution in [-0.2, 0) is 28.9 Å². The molecule has 6 nitrogen and oxygen atoms in total. The molecule has 0 saturated carbocycles. The van der Waals surface area contributed by atoms with Gasteiger partial charge in [-0.25, -0.2) is 17.9 Å². The van der Waals surface area contributed by atoms with E-state index in [0.717, 1.165) is 22.3 Å². The van der Waals surface area contributed by atoms with Crippen LogP contribution in [0.5, 0.6) is 0 Å². The molecule has 0 saturated heterocycles. The Labute approximate surface area is 184 Å². The lowest BCUT2D eigenvalue weighted by Crippen LogP contribution is -2.36. The zero-order valence-electron chi connectivity index (χ0n) is 17.7. The highest BCUT2D eigenvalue weighted by Gasteiger charge is 2.13. The van der Waals surface area contributed by atoms with Gasteiger partial charge in [0.25, 0.3) is 0 Å². The van der Waals surface area contributed by atoms with Gasteiger partial charge in [0.2, 0.25) is 10.0 Å². The summed E-state index contributed by atoms with van der Waals surface area (Å²) in [7, 11) is -0.190. The Morgan fingerprint density at radius 3 is 2.32 bits per heavy atom. The first-order valence-corrected chi connectivity index (χ1v) is 11.6. The first kappa shape index (κ1) is 22.5. The summed E-state index contributed by atoms with van der Waals surface area (Å²) in [5, 5.41) is 2.90. The average Bonchev–Trinajstić information content (AvgIpc) is 2.78. The van der Waals surface area contributed by atoms with Crippen molar-refractivity contribution in [1.82, 2.24) is 14.9 Å². The summed E-state index contributed by atoms with van der Waals surface area (Å²) in [4.78, 5) is 14.3. The van der Waals surface area contributed by atoms with Crippen molar-refractivity contribution >= 4 is 16.1 Å². The lowest BCUT2D eigenvalue weighted by Gasteiger charge is -2.20. The third kappa shape index (κ3) is 6.41. The van der Waals surface area contributed by atoms with Crippen LogP contribution in [0, 0.1) is 0 Å². The molecule has 2 amide bonds. The van der Waals surface area contributed by atoms with Crippen LogP contribution in [0.2, 0.25) is 0 Å². The van der Waals surface area contributed by atoms with Crippen LogP contribution < -0.4 is 10.0 Å². The number of nitrogens with one attached hydrogen (secondary N) is 2. The van der Waals surface area contributed by atoms with Crippen molar-refractivity contribution in [3.05, 3.63) is 95.6 Å². The fourth-order valence-electron chi connectivity index (χ4n) is 3.32. The molecule has 0 heterocycles. The van der Waals surface area contributed by atoms with E-state index >= 15 is 0 Å². The summed E-state index contributed by atoms with van der Waals surface area (Å²) >= 11 is 0. The van der Waals surface area contributed by atoms with E-state index in [0.29, 0.717) is 18.7 Å². The normalized spacial score (nSPS) is 11.2. The quantitative estimate of drug-likeness (QED) is 0.563. The van der Waals surface area contributed by atoms with Crippen molar-refractivity contribution in [2.24, 2.45) is 0 Å². The maximum absolute atomic E-state index is 12.6. The number of benzene rings is 3. The van der Waals surface area contributed by atoms with Crippen LogP contribution in [-0.4, -0.2) is 33.4 Å². The van der Waals surface area contributed by atoms with Gasteiger partial charge < -0.3 is 10.2 Å². The second kappa shape index (κ2) is 10.2. The minimum atomic E-state index is -3.34. The highest BCUT2D eigenvalue weighted by Crippen LogP contribution is 2.24. The Morgan fingerprint density at radius 2 is 1.58 bits per heavy atom. The first-order chi connectivity index (χ1) is 14.9. The molecular weight excluding hydrogens is 410 g/mol. The van der Waals surface area contributed by atoms with E-state index in [4.69, 9.17) is 0 Å². The summed E-state index contributed by atoms with van der Waals surface area (Å²) in [6.07, 6.45) is 0. The molecule has 0 spiro atoms. The van der Waals surface area contributed by atoms with Crippen LogP contribution in [0.4, 0.5) is 4.79 Å². The molecule has 0 aliphatic rings. The van der Waals surface area contributed by atoms with Crippen molar-refractivity contribution < 1.29 is 13.2 Å². The maximum atomic E-state index is 12.6. The molecule has 31 heavy (non-hydrogen) atoms. The van der Waals surface area contributed by atoms with Crippen molar-refractivity contribution in [3.8, 4) is 11.1 Å². The molecule has 3 rings (SSSR count). The minimum absolute atomic E-state index is 0.0958. The second-order valence-electron chi connectivity index (χ2n) is 7.32. The number of nitrogens with zero attached hydrogens (tertiary/aromatic N) is 1. The number of rotatable bonds is 8. The molecule has 3 aromatic carbocycles. The second-order valence-corrected chi connectivity index (χ2v) is 9.25. The molecule has 162 valence electrons. The van der Waals surface area contributed by atoms with E-state index < -0.39 is 10.0 Å². The van der Waals surface area contributed by atoms with Crippen LogP contribution >= 0.6 is 0 Å². The molecule has 0 aromatic heterocycles. The predicted molar refractivity (Wildman–Crippen MR) is 124 cm³/mol. The first-order valence-electron chi connectivity index (χ1n) is 9.99. The van der Waals surface area contributed by atoms with E-state index in [9.17, 15) is 13.2 Å². The van der Waals surface area contributed by atoms with Gasteiger partial charge in [-0.2, -0.15) is 0 Å². The molecule has 0 aliphatic carbocycles. The molecule has 0 bridgehead atoms. The summed E-state index contributed by atoms with van der Waals surface area (Å²) in [5.74, 6) is -0.0958. The fraction of sp³-hybridized carbons (Fsp3) is 0.208. The number of carbonyl (C=O) groups is 1. The standard InChI is InChI=1S/C24H27N3O3S/c1-25-31(29,30)18-20-10-8-9-19(15-20)16-26-24(28)27(2)17-22-13-6-7-14-23(22)21-11-4-3-5-12-21/h3-15,25H,16-18H2,1-2H3,(H,26,28). The Morgan fingerprint density at radius 1 is 0.903 bits per heavy atom. The van der Waals surface area contributed by atoms with Crippen molar-refractivity contribution in [3.63, 3.8) is 0 Å². The van der Waals surface area contributed by atoms with Crippen molar-refractivity contribution in [2.75, 3.05) is 14.1 Å². The van der Waals surface area contributed by atoms with E-state index in [1.54, 1.807) is 30.1 Å². The van der Waals surface area contributed by atoms with E-state index in [1.807, 2.05) is 42.5 Å². The van der Waals surface area contributed by atoms with Gasteiger partial charge in [0.15, 0.2) is 0 Å². The number of hydrogen-bond acceptors (Lipinski definition) is 3. The third-order valence-electron chi connectivity index (χ3n) is 4.96. The van der Waals surface area contributed by atoms with E-state index in [-0.39, 0.29) is 11.8 Å². The van der Waals surface area contributed by atoms with Crippen LogP contribution in [0.3, 0.4) is 0 Å². The van der Waals surface area contributed by atoms with Crippen LogP contribution in [0.15, 0.2) is 78.9 Å². The summed E-state index contributed by atoms with van der Waals surface area (Å²) in [5.41, 5.74) is 4.79. The van der Waals surface area contributed by atoms with Crippen molar-refractivity contribution in [2.45, 2.75) is 18.8 Å². The maximum Gasteiger partial charge on any atom is 0.317 e. The molecule has 0 fully saturated rings. The van der Waals surface area contributed by atoms with Gasteiger partial charge in [-0.3, -0.25) is 0 Å². The smallest absolute Gasteiger partial charge is 0.317 e. The zero-order valence-corrected chi connectivity index (χ0v) is 18.5. The summed E-state index contributed by atoms with van der Waals surface area (Å²) in [6, 6.07) is 25.1. The average molecular weight is 438 g/mol. The number of urea groups is 1. The Kier molecular flexibility index (Phi) is 7.44. The van der Waals surface area contributed by atoms with E-state index in [2.05, 4.69) is 28.2 Å². The Balaban J connectivity index is 1.63. The number of hydrogen-bond donors (Lipinski definition) is 2. The Bertz CT molecular complexity index is 1130. The monoisotopic (exact) mass is 437 g/mol. The molecule has 7 heteroatoms. The van der Waals surface area contributed by atoms with Crippen LogP contribution in [0.1, 0.15) is 16.7 Å². The van der Waals surface area contributed by atoms with Gasteiger partial charge in [-0.1, -0.05) is 78.9 Å². The van der Waals surface area contributed by atoms with Crippen molar-refractivity contribution in [1.29, 1.82) is 0 Å². The number of carbonyl (C=O) groups excluding carboxylic acids is 1. The van der Waals surface area contributed by atoms with Crippen LogP contribution in [0.25, 0.3) is 11.1 Å². The van der Waals surface area contributed by atoms with Gasteiger partial charge in [0.05, 0.1) is 5.75 Å². The fourth-order valence-corrected chi connectivity index (χ4v) is 4.08. The predicted octanol–water partition coefficient (Wildman–Crippen LogP) is 3.74. The zero-order chi connectivity index (χ0) is 22.3. The molecular formula is C24H27N3O3S. The molecule has 2 N–H and O–H groups in total. The minimum Gasteiger partial charge on any atom is -0.334 e. The van der Waals surface area contributed by atoms with Gasteiger partial charge in [0.1, 0.15) is 0 Å². The summed E-state index contributed by atoms with van der Waals surface area (Å²) in [6.45, 7) is 0.786. The highest BCUT2D eigenvalue weighted by molar-refractivity contribution is 7.88. The Hall–Kier alpha value is -3.16. The molecule has 0 unspecified atom stereocenters. The highest BCUT2D eigenvalue weighted by atomic mass is 32.2. The topological polar surface area (TPSA) is 78.5 Å². The van der Waals surface area contributed by atoms with E-state index in [1.165, 1.54) is 7.05 Å². The largest absolute Gasteiger partial charge is 0.334 e.